The maximum atomic E-state index is 12.6. The fourth-order valence-electron chi connectivity index (χ4n) is 3.41. The third kappa shape index (κ3) is 3.77. The highest BCUT2D eigenvalue weighted by Crippen LogP contribution is 2.32. The van der Waals surface area contributed by atoms with E-state index in [1.54, 1.807) is 18.3 Å². The van der Waals surface area contributed by atoms with E-state index >= 15 is 0 Å². The number of alkyl halides is 2. The lowest BCUT2D eigenvalue weighted by molar-refractivity contribution is -0.0498. The quantitative estimate of drug-likeness (QED) is 0.675. The number of benzene rings is 1. The van der Waals surface area contributed by atoms with Gasteiger partial charge in [0.05, 0.1) is 30.2 Å². The molecule has 2 aromatic heterocycles. The minimum absolute atomic E-state index is 0.103. The summed E-state index contributed by atoms with van der Waals surface area (Å²) in [4.78, 5) is 4.71. The topological polar surface area (TPSA) is 61.2 Å². The molecule has 148 valence electrons. The molecule has 1 fully saturated rings. The highest BCUT2D eigenvalue weighted by Gasteiger charge is 2.20. The van der Waals surface area contributed by atoms with Gasteiger partial charge in [-0.1, -0.05) is 12.1 Å². The van der Waals surface area contributed by atoms with E-state index in [-0.39, 0.29) is 17.8 Å². The highest BCUT2D eigenvalue weighted by molar-refractivity contribution is 5.91. The third-order valence-electron chi connectivity index (χ3n) is 4.69. The zero-order valence-electron chi connectivity index (χ0n) is 15.7. The van der Waals surface area contributed by atoms with Gasteiger partial charge in [0, 0.05) is 18.2 Å². The Morgan fingerprint density at radius 2 is 2.14 bits per heavy atom. The number of hydrogen-bond donors (Lipinski definition) is 1. The molecular weight excluding hydrogens is 366 g/mol. The molecule has 4 rings (SSSR count). The summed E-state index contributed by atoms with van der Waals surface area (Å²) in [5, 5.41) is 8.03. The lowest BCUT2D eigenvalue weighted by Crippen LogP contribution is -2.20. The molecule has 1 aromatic carbocycles. The van der Waals surface area contributed by atoms with Gasteiger partial charge in [-0.05, 0) is 38.5 Å². The normalized spacial score (nSPS) is 17.0. The van der Waals surface area contributed by atoms with E-state index in [9.17, 15) is 8.78 Å². The van der Waals surface area contributed by atoms with Crippen LogP contribution in [0.4, 0.5) is 14.5 Å². The van der Waals surface area contributed by atoms with Crippen LogP contribution in [-0.4, -0.2) is 40.6 Å². The summed E-state index contributed by atoms with van der Waals surface area (Å²) in [6.45, 7) is 2.64. The standard InChI is InChI=1S/C20H22F2N4O2/c1-12(2)26-19-17(24-14-6-7-27-11-14)9-16(25-18(19)10-23-26)13-4-3-5-15(8-13)28-20(21)22/h3-5,8-10,12,14,20H,6-7,11H2,1-2H3,(H,24,25). The van der Waals surface area contributed by atoms with Crippen molar-refractivity contribution < 1.29 is 18.3 Å². The molecule has 1 saturated heterocycles. The minimum Gasteiger partial charge on any atom is -0.435 e. The Balaban J connectivity index is 1.79. The molecule has 28 heavy (non-hydrogen) atoms. The Bertz CT molecular complexity index is 968. The van der Waals surface area contributed by atoms with Crippen LogP contribution < -0.4 is 10.1 Å². The second-order valence-electron chi connectivity index (χ2n) is 7.08. The molecule has 1 aliphatic rings. The van der Waals surface area contributed by atoms with Gasteiger partial charge in [0.15, 0.2) is 0 Å². The number of rotatable bonds is 6. The van der Waals surface area contributed by atoms with E-state index in [1.807, 2.05) is 16.8 Å². The van der Waals surface area contributed by atoms with E-state index in [2.05, 4.69) is 29.0 Å². The Labute approximate surface area is 161 Å². The predicted molar refractivity (Wildman–Crippen MR) is 103 cm³/mol. The molecule has 3 heterocycles. The lowest BCUT2D eigenvalue weighted by Gasteiger charge is -2.17. The number of nitrogens with zero attached hydrogens (tertiary/aromatic N) is 3. The highest BCUT2D eigenvalue weighted by atomic mass is 19.3. The molecule has 1 unspecified atom stereocenters. The van der Waals surface area contributed by atoms with Crippen LogP contribution >= 0.6 is 0 Å². The van der Waals surface area contributed by atoms with E-state index < -0.39 is 6.61 Å². The summed E-state index contributed by atoms with van der Waals surface area (Å²) in [7, 11) is 0. The largest absolute Gasteiger partial charge is 0.435 e. The van der Waals surface area contributed by atoms with Crippen LogP contribution in [-0.2, 0) is 4.74 Å². The van der Waals surface area contributed by atoms with Crippen molar-refractivity contribution in [2.24, 2.45) is 0 Å². The molecule has 0 bridgehead atoms. The van der Waals surface area contributed by atoms with Crippen LogP contribution in [0.1, 0.15) is 26.3 Å². The lowest BCUT2D eigenvalue weighted by atomic mass is 10.1. The Kier molecular flexibility index (Phi) is 5.13. The number of anilines is 1. The zero-order chi connectivity index (χ0) is 19.7. The van der Waals surface area contributed by atoms with Crippen LogP contribution in [0.2, 0.25) is 0 Å². The zero-order valence-corrected chi connectivity index (χ0v) is 15.7. The number of halogens is 2. The van der Waals surface area contributed by atoms with E-state index in [0.29, 0.717) is 17.9 Å². The summed E-state index contributed by atoms with van der Waals surface area (Å²) in [6, 6.07) is 8.88. The summed E-state index contributed by atoms with van der Waals surface area (Å²) in [6.07, 6.45) is 2.65. The number of hydrogen-bond acceptors (Lipinski definition) is 5. The van der Waals surface area contributed by atoms with Crippen molar-refractivity contribution in [3.8, 4) is 17.0 Å². The first-order valence-corrected chi connectivity index (χ1v) is 9.29. The van der Waals surface area contributed by atoms with Crippen LogP contribution in [0.5, 0.6) is 5.75 Å². The summed E-state index contributed by atoms with van der Waals surface area (Å²) < 4.78 is 37.1. The maximum absolute atomic E-state index is 12.6. The SMILES string of the molecule is CC(C)n1ncc2nc(-c3cccc(OC(F)F)c3)cc(NC3CCOC3)c21. The van der Waals surface area contributed by atoms with Crippen molar-refractivity contribution in [3.63, 3.8) is 0 Å². The number of aromatic nitrogens is 3. The van der Waals surface area contributed by atoms with Gasteiger partial charge in [0.1, 0.15) is 16.8 Å². The van der Waals surface area contributed by atoms with Crippen molar-refractivity contribution in [2.45, 2.75) is 39.0 Å². The average Bonchev–Trinajstić information content (AvgIpc) is 3.30. The molecule has 0 saturated carbocycles. The Morgan fingerprint density at radius 3 is 2.86 bits per heavy atom. The molecule has 0 spiro atoms. The molecule has 0 amide bonds. The van der Waals surface area contributed by atoms with Crippen molar-refractivity contribution in [3.05, 3.63) is 36.5 Å². The van der Waals surface area contributed by atoms with Crippen LogP contribution in [0.25, 0.3) is 22.3 Å². The first kappa shape index (κ1) is 18.6. The molecule has 8 heteroatoms. The van der Waals surface area contributed by atoms with E-state index in [4.69, 9.17) is 9.72 Å². The summed E-state index contributed by atoms with van der Waals surface area (Å²) >= 11 is 0. The molecule has 6 nitrogen and oxygen atoms in total. The van der Waals surface area contributed by atoms with Gasteiger partial charge < -0.3 is 14.8 Å². The second kappa shape index (κ2) is 7.71. The first-order chi connectivity index (χ1) is 13.5. The van der Waals surface area contributed by atoms with Gasteiger partial charge in [-0.2, -0.15) is 13.9 Å². The van der Waals surface area contributed by atoms with Gasteiger partial charge in [-0.3, -0.25) is 4.68 Å². The molecule has 0 radical (unpaired) electrons. The van der Waals surface area contributed by atoms with E-state index in [0.717, 1.165) is 29.7 Å². The predicted octanol–water partition coefficient (Wildman–Crippen LogP) is 4.48. The van der Waals surface area contributed by atoms with Crippen molar-refractivity contribution in [1.29, 1.82) is 0 Å². The molecule has 1 atom stereocenters. The molecule has 3 aromatic rings. The van der Waals surface area contributed by atoms with Crippen LogP contribution in [0.15, 0.2) is 36.5 Å². The van der Waals surface area contributed by atoms with Gasteiger partial charge in [-0.25, -0.2) is 4.98 Å². The number of fused-ring (bicyclic) bond motifs is 1. The number of nitrogens with one attached hydrogen (secondary N) is 1. The van der Waals surface area contributed by atoms with Crippen molar-refractivity contribution in [2.75, 3.05) is 18.5 Å². The average molecular weight is 388 g/mol. The van der Waals surface area contributed by atoms with Crippen molar-refractivity contribution >= 4 is 16.7 Å². The van der Waals surface area contributed by atoms with Gasteiger partial charge >= 0.3 is 6.61 Å². The summed E-state index contributed by atoms with van der Waals surface area (Å²) in [5.41, 5.74) is 3.93. The minimum atomic E-state index is -2.87. The Morgan fingerprint density at radius 1 is 1.29 bits per heavy atom. The smallest absolute Gasteiger partial charge is 0.387 e. The van der Waals surface area contributed by atoms with Crippen molar-refractivity contribution in [1.82, 2.24) is 14.8 Å². The molecule has 1 aliphatic heterocycles. The van der Waals surface area contributed by atoms with Gasteiger partial charge in [-0.15, -0.1) is 0 Å². The number of pyridine rings is 1. The van der Waals surface area contributed by atoms with Gasteiger partial charge in [0.25, 0.3) is 0 Å². The third-order valence-corrected chi connectivity index (χ3v) is 4.69. The second-order valence-corrected chi connectivity index (χ2v) is 7.08. The van der Waals surface area contributed by atoms with Crippen LogP contribution in [0.3, 0.4) is 0 Å². The number of ether oxygens (including phenoxy) is 2. The van der Waals surface area contributed by atoms with E-state index in [1.165, 1.54) is 6.07 Å². The fourth-order valence-corrected chi connectivity index (χ4v) is 3.41. The Hall–Kier alpha value is -2.74. The maximum Gasteiger partial charge on any atom is 0.387 e. The monoisotopic (exact) mass is 388 g/mol. The molecular formula is C20H22F2N4O2. The van der Waals surface area contributed by atoms with Crippen LogP contribution in [0, 0.1) is 0 Å². The molecule has 1 N–H and O–H groups in total. The summed E-state index contributed by atoms with van der Waals surface area (Å²) in [5.74, 6) is 0.103. The fraction of sp³-hybridized carbons (Fsp3) is 0.400. The molecule has 0 aliphatic carbocycles. The van der Waals surface area contributed by atoms with Gasteiger partial charge in [0.2, 0.25) is 0 Å². The first-order valence-electron chi connectivity index (χ1n) is 9.29.